The first-order valence-electron chi connectivity index (χ1n) is 10.7. The average molecular weight is 426 g/mol. The molecule has 1 fully saturated rings. The van der Waals surface area contributed by atoms with Crippen molar-refractivity contribution in [3.63, 3.8) is 0 Å². The van der Waals surface area contributed by atoms with Crippen LogP contribution in [0.15, 0.2) is 24.3 Å². The molecule has 1 aliphatic heterocycles. The first-order chi connectivity index (χ1) is 14.8. The summed E-state index contributed by atoms with van der Waals surface area (Å²) in [6.45, 7) is 7.05. The van der Waals surface area contributed by atoms with Gasteiger partial charge in [-0.25, -0.2) is 9.97 Å². The summed E-state index contributed by atoms with van der Waals surface area (Å²) in [4.78, 5) is 36.9. The van der Waals surface area contributed by atoms with Crippen LogP contribution in [0.3, 0.4) is 0 Å². The molecule has 0 unspecified atom stereocenters. The van der Waals surface area contributed by atoms with Crippen molar-refractivity contribution >= 4 is 11.7 Å². The number of carbonyl (C=O) groups excluding carboxylic acids is 2. The van der Waals surface area contributed by atoms with E-state index in [2.05, 4.69) is 23.8 Å². The molecule has 7 nitrogen and oxygen atoms in total. The molecule has 166 valence electrons. The molecule has 0 saturated carbocycles. The molecule has 31 heavy (non-hydrogen) atoms. The van der Waals surface area contributed by atoms with Crippen LogP contribution in [-0.4, -0.2) is 53.9 Å². The number of methoxy groups -OCH3 is 2. The summed E-state index contributed by atoms with van der Waals surface area (Å²) in [6, 6.07) is 6.97. The third-order valence-corrected chi connectivity index (χ3v) is 5.47. The Kier molecular flexibility index (Phi) is 7.25. The van der Waals surface area contributed by atoms with Gasteiger partial charge in [0, 0.05) is 30.3 Å². The lowest BCUT2D eigenvalue weighted by Crippen LogP contribution is -2.42. The van der Waals surface area contributed by atoms with E-state index in [0.29, 0.717) is 47.6 Å². The number of hydrogen-bond acceptors (Lipinski definition) is 6. The number of hydrogen-bond donors (Lipinski definition) is 0. The van der Waals surface area contributed by atoms with Gasteiger partial charge in [0.15, 0.2) is 17.3 Å². The Hall–Kier alpha value is -2.96. The molecule has 0 N–H and O–H groups in total. The Morgan fingerprint density at radius 1 is 1.13 bits per heavy atom. The molecular formula is C24H31N3O4. The van der Waals surface area contributed by atoms with Crippen molar-refractivity contribution in [3.8, 4) is 11.5 Å². The zero-order chi connectivity index (χ0) is 22.5. The summed E-state index contributed by atoms with van der Waals surface area (Å²) < 4.78 is 10.6. The fourth-order valence-corrected chi connectivity index (χ4v) is 4.02. The average Bonchev–Trinajstić information content (AvgIpc) is 2.76. The second-order valence-corrected chi connectivity index (χ2v) is 8.41. The molecule has 1 amide bonds. The highest BCUT2D eigenvalue weighted by Crippen LogP contribution is 2.30. The summed E-state index contributed by atoms with van der Waals surface area (Å²) in [5.41, 5.74) is 1.84. The summed E-state index contributed by atoms with van der Waals surface area (Å²) in [5, 5.41) is 0. The molecule has 2 heterocycles. The zero-order valence-electron chi connectivity index (χ0n) is 19.0. The normalized spacial score (nSPS) is 16.3. The molecule has 0 spiro atoms. The van der Waals surface area contributed by atoms with E-state index in [1.807, 2.05) is 0 Å². The lowest BCUT2D eigenvalue weighted by Gasteiger charge is -2.32. The molecule has 7 heteroatoms. The van der Waals surface area contributed by atoms with Crippen LogP contribution in [0.25, 0.3) is 0 Å². The van der Waals surface area contributed by atoms with Gasteiger partial charge in [0.25, 0.3) is 5.91 Å². The van der Waals surface area contributed by atoms with Gasteiger partial charge in [-0.05, 0) is 56.4 Å². The van der Waals surface area contributed by atoms with E-state index in [4.69, 9.17) is 9.47 Å². The molecule has 0 radical (unpaired) electrons. The molecule has 3 rings (SSSR count). The van der Waals surface area contributed by atoms with Gasteiger partial charge in [-0.2, -0.15) is 0 Å². The Bertz CT molecular complexity index is 958. The minimum Gasteiger partial charge on any atom is -0.493 e. The quantitative estimate of drug-likeness (QED) is 0.629. The number of ether oxygens (including phenoxy) is 2. The smallest absolute Gasteiger partial charge is 0.272 e. The second kappa shape index (κ2) is 9.90. The first-order valence-corrected chi connectivity index (χ1v) is 10.7. The SMILES string of the molecule is COc1ccc(C(=O)[C@H]2CCCN(C(=O)c3cc(CC(C)C)nc(C)n3)C2)cc1OC. The highest BCUT2D eigenvalue weighted by Gasteiger charge is 2.30. The zero-order valence-corrected chi connectivity index (χ0v) is 19.0. The number of amides is 1. The Labute approximate surface area is 183 Å². The molecule has 1 saturated heterocycles. The van der Waals surface area contributed by atoms with Crippen LogP contribution in [0.4, 0.5) is 0 Å². The van der Waals surface area contributed by atoms with Gasteiger partial charge in [0.05, 0.1) is 14.2 Å². The van der Waals surface area contributed by atoms with E-state index in [9.17, 15) is 9.59 Å². The molecule has 2 aromatic rings. The number of rotatable bonds is 7. The van der Waals surface area contributed by atoms with Crippen molar-refractivity contribution < 1.29 is 19.1 Å². The van der Waals surface area contributed by atoms with Crippen LogP contribution in [-0.2, 0) is 6.42 Å². The van der Waals surface area contributed by atoms with Crippen molar-refractivity contribution in [1.82, 2.24) is 14.9 Å². The van der Waals surface area contributed by atoms with Crippen LogP contribution in [0.5, 0.6) is 11.5 Å². The monoisotopic (exact) mass is 425 g/mol. The lowest BCUT2D eigenvalue weighted by molar-refractivity contribution is 0.0631. The van der Waals surface area contributed by atoms with Crippen molar-refractivity contribution in [2.75, 3.05) is 27.3 Å². The van der Waals surface area contributed by atoms with Crippen LogP contribution < -0.4 is 9.47 Å². The van der Waals surface area contributed by atoms with Gasteiger partial charge >= 0.3 is 0 Å². The first kappa shape index (κ1) is 22.7. The maximum atomic E-state index is 13.2. The van der Waals surface area contributed by atoms with Crippen molar-refractivity contribution in [2.45, 2.75) is 40.0 Å². The third-order valence-electron chi connectivity index (χ3n) is 5.47. The summed E-state index contributed by atoms with van der Waals surface area (Å²) in [5.74, 6) is 1.75. The number of carbonyl (C=O) groups is 2. The minimum absolute atomic E-state index is 0.0119. The lowest BCUT2D eigenvalue weighted by atomic mass is 9.89. The van der Waals surface area contributed by atoms with Crippen LogP contribution in [0.2, 0.25) is 0 Å². The maximum absolute atomic E-state index is 13.2. The predicted molar refractivity (Wildman–Crippen MR) is 118 cm³/mol. The van der Waals surface area contributed by atoms with E-state index in [-0.39, 0.29) is 17.6 Å². The van der Waals surface area contributed by atoms with E-state index in [0.717, 1.165) is 25.0 Å². The number of aromatic nitrogens is 2. The Morgan fingerprint density at radius 2 is 1.87 bits per heavy atom. The predicted octanol–water partition coefficient (Wildman–Crippen LogP) is 3.74. The fourth-order valence-electron chi connectivity index (χ4n) is 4.02. The number of piperidine rings is 1. The molecule has 1 atom stereocenters. The largest absolute Gasteiger partial charge is 0.493 e. The van der Waals surface area contributed by atoms with Gasteiger partial charge < -0.3 is 14.4 Å². The molecular weight excluding hydrogens is 394 g/mol. The summed E-state index contributed by atoms with van der Waals surface area (Å²) in [7, 11) is 3.11. The molecule has 0 bridgehead atoms. The van der Waals surface area contributed by atoms with Gasteiger partial charge in [-0.15, -0.1) is 0 Å². The number of benzene rings is 1. The number of likely N-dealkylation sites (tertiary alicyclic amines) is 1. The number of aryl methyl sites for hydroxylation is 1. The van der Waals surface area contributed by atoms with Crippen LogP contribution in [0.1, 0.15) is 59.1 Å². The standard InChI is InChI=1S/C24H31N3O4/c1-15(2)11-19-13-20(26-16(3)25-19)24(29)27-10-6-7-18(14-27)23(28)17-8-9-21(30-4)22(12-17)31-5/h8-9,12-13,15,18H,6-7,10-11,14H2,1-5H3/t18-/m0/s1. The highest BCUT2D eigenvalue weighted by molar-refractivity contribution is 5.99. The van der Waals surface area contributed by atoms with E-state index in [1.54, 1.807) is 50.3 Å². The fraction of sp³-hybridized carbons (Fsp3) is 0.500. The van der Waals surface area contributed by atoms with E-state index in [1.165, 1.54) is 0 Å². The Morgan fingerprint density at radius 3 is 2.55 bits per heavy atom. The summed E-state index contributed by atoms with van der Waals surface area (Å²) >= 11 is 0. The molecule has 0 aliphatic carbocycles. The van der Waals surface area contributed by atoms with Crippen LogP contribution >= 0.6 is 0 Å². The molecule has 1 aliphatic rings. The van der Waals surface area contributed by atoms with Crippen molar-refractivity contribution in [3.05, 3.63) is 47.0 Å². The van der Waals surface area contributed by atoms with Crippen molar-refractivity contribution in [2.24, 2.45) is 11.8 Å². The van der Waals surface area contributed by atoms with Crippen molar-refractivity contribution in [1.29, 1.82) is 0 Å². The molecule has 1 aromatic heterocycles. The van der Waals surface area contributed by atoms with Gasteiger partial charge in [-0.3, -0.25) is 9.59 Å². The topological polar surface area (TPSA) is 81.6 Å². The second-order valence-electron chi connectivity index (χ2n) is 8.41. The van der Waals surface area contributed by atoms with E-state index < -0.39 is 0 Å². The summed E-state index contributed by atoms with van der Waals surface area (Å²) in [6.07, 6.45) is 2.32. The van der Waals surface area contributed by atoms with Gasteiger partial charge in [0.2, 0.25) is 0 Å². The highest BCUT2D eigenvalue weighted by atomic mass is 16.5. The van der Waals surface area contributed by atoms with E-state index >= 15 is 0 Å². The van der Waals surface area contributed by atoms with Crippen LogP contribution in [0, 0.1) is 18.8 Å². The number of Topliss-reactive ketones (excluding diaryl/α,β-unsaturated/α-hetero) is 1. The van der Waals surface area contributed by atoms with Gasteiger partial charge in [0.1, 0.15) is 11.5 Å². The Balaban J connectivity index is 1.77. The maximum Gasteiger partial charge on any atom is 0.272 e. The molecule has 1 aromatic carbocycles. The minimum atomic E-state index is -0.256. The van der Waals surface area contributed by atoms with Gasteiger partial charge in [-0.1, -0.05) is 13.8 Å². The number of nitrogens with zero attached hydrogens (tertiary/aromatic N) is 3. The third kappa shape index (κ3) is 5.40. The number of ketones is 1.